The molecule has 0 radical (unpaired) electrons. The first-order valence-electron chi connectivity index (χ1n) is 6.02. The van der Waals surface area contributed by atoms with Gasteiger partial charge in [-0.2, -0.15) is 5.10 Å². The topological polar surface area (TPSA) is 114 Å². The third kappa shape index (κ3) is 2.89. The minimum atomic E-state index is -0.511. The van der Waals surface area contributed by atoms with E-state index in [1.54, 1.807) is 30.5 Å². The van der Waals surface area contributed by atoms with Gasteiger partial charge >= 0.3 is 11.7 Å². The fourth-order valence-corrected chi connectivity index (χ4v) is 1.72. The molecule has 2 N–H and O–H groups in total. The summed E-state index contributed by atoms with van der Waals surface area (Å²) >= 11 is 0. The molecule has 21 heavy (non-hydrogen) atoms. The van der Waals surface area contributed by atoms with Crippen molar-refractivity contribution in [2.24, 2.45) is 0 Å². The predicted molar refractivity (Wildman–Crippen MR) is 70.3 cm³/mol. The first-order valence-corrected chi connectivity index (χ1v) is 6.02. The van der Waals surface area contributed by atoms with Crippen LogP contribution < -0.4 is 5.69 Å². The number of carbonyl (C=O) groups is 1. The van der Waals surface area contributed by atoms with Crippen molar-refractivity contribution in [3.8, 4) is 11.3 Å². The van der Waals surface area contributed by atoms with Gasteiger partial charge in [-0.05, 0) is 12.1 Å². The number of esters is 1. The normalized spacial score (nSPS) is 10.5. The van der Waals surface area contributed by atoms with Crippen LogP contribution >= 0.6 is 0 Å². The van der Waals surface area contributed by atoms with Gasteiger partial charge in [-0.15, -0.1) is 0 Å². The molecule has 8 nitrogen and oxygen atoms in total. The number of rotatable bonds is 4. The van der Waals surface area contributed by atoms with E-state index in [9.17, 15) is 9.59 Å². The SMILES string of the molecule is O=C(OCc1n[nH]c(=O)[nH]1)c1ccc(-c2cnco2)cc1. The fourth-order valence-electron chi connectivity index (χ4n) is 1.72. The standard InChI is InChI=1S/C13H10N4O4/c18-12(20-6-11-15-13(19)17-16-11)9-3-1-8(2-4-9)10-5-14-7-21-10/h1-5,7H,6H2,(H2,15,16,17,19). The largest absolute Gasteiger partial charge is 0.454 e. The number of aromatic amines is 2. The van der Waals surface area contributed by atoms with Gasteiger partial charge in [0.05, 0.1) is 11.8 Å². The number of hydrogen-bond acceptors (Lipinski definition) is 6. The van der Waals surface area contributed by atoms with Gasteiger partial charge in [-0.25, -0.2) is 19.7 Å². The Balaban J connectivity index is 1.66. The number of benzene rings is 1. The van der Waals surface area contributed by atoms with Crippen LogP contribution in [0.3, 0.4) is 0 Å². The number of nitrogens with zero attached hydrogens (tertiary/aromatic N) is 2. The lowest BCUT2D eigenvalue weighted by Crippen LogP contribution is -2.07. The first-order chi connectivity index (χ1) is 10.2. The Morgan fingerprint density at radius 1 is 1.29 bits per heavy atom. The molecule has 2 aromatic heterocycles. The van der Waals surface area contributed by atoms with Gasteiger partial charge in [0.2, 0.25) is 0 Å². The van der Waals surface area contributed by atoms with Crippen LogP contribution in [0.15, 0.2) is 46.1 Å². The monoisotopic (exact) mass is 286 g/mol. The third-order valence-electron chi connectivity index (χ3n) is 2.73. The lowest BCUT2D eigenvalue weighted by Gasteiger charge is -2.03. The summed E-state index contributed by atoms with van der Waals surface area (Å²) in [6.45, 7) is -0.110. The molecule has 0 spiro atoms. The van der Waals surface area contributed by atoms with Crippen LogP contribution in [-0.2, 0) is 11.3 Å². The highest BCUT2D eigenvalue weighted by atomic mass is 16.5. The minimum Gasteiger partial charge on any atom is -0.454 e. The van der Waals surface area contributed by atoms with Gasteiger partial charge in [0.25, 0.3) is 0 Å². The fraction of sp³-hybridized carbons (Fsp3) is 0.0769. The molecule has 0 bridgehead atoms. The zero-order chi connectivity index (χ0) is 14.7. The maximum absolute atomic E-state index is 11.8. The molecule has 2 heterocycles. The maximum atomic E-state index is 11.8. The molecule has 0 aliphatic carbocycles. The number of oxazole rings is 1. The Morgan fingerprint density at radius 2 is 2.10 bits per heavy atom. The second kappa shape index (κ2) is 5.45. The van der Waals surface area contributed by atoms with Crippen LogP contribution in [0.2, 0.25) is 0 Å². The van der Waals surface area contributed by atoms with E-state index in [1.807, 2.05) is 0 Å². The van der Waals surface area contributed by atoms with Crippen molar-refractivity contribution in [1.82, 2.24) is 20.2 Å². The molecular weight excluding hydrogens is 276 g/mol. The van der Waals surface area contributed by atoms with E-state index in [2.05, 4.69) is 20.2 Å². The number of hydrogen-bond donors (Lipinski definition) is 2. The Morgan fingerprint density at radius 3 is 2.71 bits per heavy atom. The van der Waals surface area contributed by atoms with Crippen LogP contribution in [0.25, 0.3) is 11.3 Å². The molecule has 3 rings (SSSR count). The molecule has 0 saturated carbocycles. The molecule has 3 aromatic rings. The molecule has 0 saturated heterocycles. The number of ether oxygens (including phenoxy) is 1. The first kappa shape index (κ1) is 12.9. The van der Waals surface area contributed by atoms with E-state index in [0.29, 0.717) is 11.3 Å². The van der Waals surface area contributed by atoms with E-state index in [1.165, 1.54) is 6.39 Å². The summed E-state index contributed by atoms with van der Waals surface area (Å²) in [5.74, 6) is 0.360. The number of nitrogens with one attached hydrogen (secondary N) is 2. The van der Waals surface area contributed by atoms with E-state index in [0.717, 1.165) is 5.56 Å². The zero-order valence-electron chi connectivity index (χ0n) is 10.7. The third-order valence-corrected chi connectivity index (χ3v) is 2.73. The van der Waals surface area contributed by atoms with E-state index in [-0.39, 0.29) is 12.4 Å². The molecule has 1 aromatic carbocycles. The summed E-state index contributed by atoms with van der Waals surface area (Å²) in [5, 5.41) is 5.83. The van der Waals surface area contributed by atoms with Crippen molar-refractivity contribution < 1.29 is 13.9 Å². The number of carbonyl (C=O) groups excluding carboxylic acids is 1. The van der Waals surface area contributed by atoms with Crippen molar-refractivity contribution in [2.45, 2.75) is 6.61 Å². The molecule has 0 atom stereocenters. The average Bonchev–Trinajstić information content (AvgIpc) is 3.16. The van der Waals surface area contributed by atoms with Gasteiger partial charge in [-0.3, -0.25) is 4.98 Å². The molecular formula is C13H10N4O4. The van der Waals surface area contributed by atoms with E-state index < -0.39 is 11.7 Å². The molecule has 0 aliphatic heterocycles. The van der Waals surface area contributed by atoms with Crippen LogP contribution in [-0.4, -0.2) is 26.1 Å². The molecule has 0 unspecified atom stereocenters. The molecule has 0 aliphatic rings. The minimum absolute atomic E-state index is 0.110. The summed E-state index contributed by atoms with van der Waals surface area (Å²) < 4.78 is 10.2. The summed E-state index contributed by atoms with van der Waals surface area (Å²) in [7, 11) is 0. The summed E-state index contributed by atoms with van der Waals surface area (Å²) in [6, 6.07) is 6.70. The Bertz CT molecular complexity index is 786. The zero-order valence-corrected chi connectivity index (χ0v) is 10.7. The van der Waals surface area contributed by atoms with Crippen molar-refractivity contribution in [2.75, 3.05) is 0 Å². The van der Waals surface area contributed by atoms with E-state index >= 15 is 0 Å². The van der Waals surface area contributed by atoms with Gasteiger partial charge in [-0.1, -0.05) is 12.1 Å². The van der Waals surface area contributed by atoms with Gasteiger partial charge in [0, 0.05) is 5.56 Å². The van der Waals surface area contributed by atoms with Crippen LogP contribution in [0.1, 0.15) is 16.2 Å². The number of H-pyrrole nitrogens is 2. The summed E-state index contributed by atoms with van der Waals surface area (Å²) in [4.78, 5) is 28.9. The van der Waals surface area contributed by atoms with Crippen LogP contribution in [0, 0.1) is 0 Å². The second-order valence-corrected chi connectivity index (χ2v) is 4.14. The van der Waals surface area contributed by atoms with Crippen molar-refractivity contribution >= 4 is 5.97 Å². The smallest absolute Gasteiger partial charge is 0.340 e. The highest BCUT2D eigenvalue weighted by molar-refractivity contribution is 5.89. The predicted octanol–water partition coefficient (Wildman–Crippen LogP) is 1.11. The van der Waals surface area contributed by atoms with Gasteiger partial charge < -0.3 is 9.15 Å². The highest BCUT2D eigenvalue weighted by Crippen LogP contribution is 2.19. The lowest BCUT2D eigenvalue weighted by molar-refractivity contribution is 0.0462. The van der Waals surface area contributed by atoms with Crippen molar-refractivity contribution in [3.05, 3.63) is 58.7 Å². The van der Waals surface area contributed by atoms with Crippen molar-refractivity contribution in [3.63, 3.8) is 0 Å². The van der Waals surface area contributed by atoms with Crippen LogP contribution in [0.4, 0.5) is 0 Å². The average molecular weight is 286 g/mol. The molecule has 8 heteroatoms. The molecule has 0 fully saturated rings. The Labute approximate surface area is 117 Å². The Hall–Kier alpha value is -3.16. The maximum Gasteiger partial charge on any atom is 0.340 e. The van der Waals surface area contributed by atoms with Crippen LogP contribution in [0.5, 0.6) is 0 Å². The lowest BCUT2D eigenvalue weighted by atomic mass is 10.1. The Kier molecular flexibility index (Phi) is 3.34. The number of aromatic nitrogens is 4. The van der Waals surface area contributed by atoms with Crippen molar-refractivity contribution in [1.29, 1.82) is 0 Å². The molecule has 106 valence electrons. The van der Waals surface area contributed by atoms with E-state index in [4.69, 9.17) is 9.15 Å². The highest BCUT2D eigenvalue weighted by Gasteiger charge is 2.10. The summed E-state index contributed by atoms with van der Waals surface area (Å²) in [5.41, 5.74) is 0.745. The second-order valence-electron chi connectivity index (χ2n) is 4.14. The van der Waals surface area contributed by atoms with Gasteiger partial charge in [0.1, 0.15) is 0 Å². The molecule has 0 amide bonds. The van der Waals surface area contributed by atoms with Gasteiger partial charge in [0.15, 0.2) is 24.6 Å². The summed E-state index contributed by atoms with van der Waals surface area (Å²) in [6.07, 6.45) is 2.92. The quantitative estimate of drug-likeness (QED) is 0.694.